The van der Waals surface area contributed by atoms with E-state index >= 15 is 0 Å². The zero-order valence-corrected chi connectivity index (χ0v) is 11.4. The highest BCUT2D eigenvalue weighted by Crippen LogP contribution is 2.19. The molecule has 0 saturated heterocycles. The van der Waals surface area contributed by atoms with Crippen molar-refractivity contribution in [3.8, 4) is 5.75 Å². The normalized spacial score (nSPS) is 10.7. The summed E-state index contributed by atoms with van der Waals surface area (Å²) in [6.45, 7) is 0. The quantitative estimate of drug-likeness (QED) is 0.842. The van der Waals surface area contributed by atoms with Crippen LogP contribution in [0, 0.1) is 11.6 Å². The number of hydrogen-bond acceptors (Lipinski definition) is 4. The summed E-state index contributed by atoms with van der Waals surface area (Å²) in [4.78, 5) is 27.8. The third-order valence-corrected chi connectivity index (χ3v) is 2.62. The Kier molecular flexibility index (Phi) is 4.62. The Morgan fingerprint density at radius 2 is 2.14 bits per heavy atom. The Labute approximate surface area is 123 Å². The number of methoxy groups -OCH3 is 1. The molecule has 0 atom stereocenters. The van der Waals surface area contributed by atoms with Crippen molar-refractivity contribution < 1.29 is 18.3 Å². The number of nitrogens with one attached hydrogen (secondary N) is 2. The average Bonchev–Trinajstić information content (AvgIpc) is 2.50. The number of H-pyrrole nitrogens is 1. The number of rotatable bonds is 4. The number of anilines is 1. The van der Waals surface area contributed by atoms with E-state index in [0.717, 1.165) is 6.08 Å². The van der Waals surface area contributed by atoms with Crippen molar-refractivity contribution in [1.82, 2.24) is 9.97 Å². The van der Waals surface area contributed by atoms with E-state index in [9.17, 15) is 18.4 Å². The van der Waals surface area contributed by atoms with Gasteiger partial charge in [0.1, 0.15) is 0 Å². The van der Waals surface area contributed by atoms with E-state index in [0.29, 0.717) is 11.8 Å². The van der Waals surface area contributed by atoms with Gasteiger partial charge in [-0.05, 0) is 23.8 Å². The first kappa shape index (κ1) is 15.4. The van der Waals surface area contributed by atoms with E-state index in [1.54, 1.807) is 0 Å². The fourth-order valence-corrected chi connectivity index (χ4v) is 1.59. The number of nitrogens with zero attached hydrogens (tertiary/aromatic N) is 1. The third-order valence-electron chi connectivity index (χ3n) is 2.62. The van der Waals surface area contributed by atoms with Crippen LogP contribution in [0.4, 0.5) is 14.6 Å². The maximum absolute atomic E-state index is 13.3. The lowest BCUT2D eigenvalue weighted by atomic mass is 10.2. The highest BCUT2D eigenvalue weighted by molar-refractivity contribution is 6.01. The van der Waals surface area contributed by atoms with Crippen LogP contribution in [0.3, 0.4) is 0 Å². The number of halogens is 2. The number of benzene rings is 1. The molecule has 0 unspecified atom stereocenters. The molecular weight excluding hydrogens is 296 g/mol. The number of amides is 1. The fourth-order valence-electron chi connectivity index (χ4n) is 1.59. The molecule has 0 aliphatic rings. The smallest absolute Gasteiger partial charge is 0.346 e. The maximum atomic E-state index is 13.3. The van der Waals surface area contributed by atoms with Crippen LogP contribution in [-0.2, 0) is 4.79 Å². The standard InChI is InChI=1S/C14H11F2N3O3/c1-22-11-6-8(2-4-9(11)15)3-5-12(20)18-13-10(16)7-17-14(21)19-13/h2-7H,1H3,(H2,17,18,19,20,21)/b5-3+. The summed E-state index contributed by atoms with van der Waals surface area (Å²) in [5.74, 6) is -2.42. The van der Waals surface area contributed by atoms with Gasteiger partial charge in [-0.2, -0.15) is 4.98 Å². The molecule has 6 nitrogen and oxygen atoms in total. The first-order valence-electron chi connectivity index (χ1n) is 6.07. The molecule has 0 radical (unpaired) electrons. The van der Waals surface area contributed by atoms with Gasteiger partial charge in [-0.3, -0.25) is 9.78 Å². The van der Waals surface area contributed by atoms with Crippen LogP contribution in [0.15, 0.2) is 35.3 Å². The Morgan fingerprint density at radius 1 is 1.36 bits per heavy atom. The topological polar surface area (TPSA) is 84.1 Å². The van der Waals surface area contributed by atoms with Crippen molar-refractivity contribution in [3.63, 3.8) is 0 Å². The highest BCUT2D eigenvalue weighted by atomic mass is 19.1. The van der Waals surface area contributed by atoms with Gasteiger partial charge in [0.05, 0.1) is 13.3 Å². The van der Waals surface area contributed by atoms with Gasteiger partial charge in [-0.15, -0.1) is 0 Å². The zero-order valence-electron chi connectivity index (χ0n) is 11.4. The number of hydrogen-bond donors (Lipinski definition) is 2. The lowest BCUT2D eigenvalue weighted by Crippen LogP contribution is -2.18. The molecule has 1 heterocycles. The number of ether oxygens (including phenoxy) is 1. The molecule has 0 aliphatic carbocycles. The Balaban J connectivity index is 2.11. The second kappa shape index (κ2) is 6.61. The summed E-state index contributed by atoms with van der Waals surface area (Å²) >= 11 is 0. The molecule has 22 heavy (non-hydrogen) atoms. The van der Waals surface area contributed by atoms with Crippen molar-refractivity contribution in [2.45, 2.75) is 0 Å². The minimum absolute atomic E-state index is 0.0343. The van der Waals surface area contributed by atoms with Gasteiger partial charge in [-0.1, -0.05) is 6.07 Å². The molecule has 8 heteroatoms. The van der Waals surface area contributed by atoms with Crippen molar-refractivity contribution in [2.75, 3.05) is 12.4 Å². The first-order chi connectivity index (χ1) is 10.5. The number of aromatic amines is 1. The van der Waals surface area contributed by atoms with Gasteiger partial charge < -0.3 is 10.1 Å². The molecule has 1 amide bonds. The van der Waals surface area contributed by atoms with Crippen LogP contribution in [0.5, 0.6) is 5.75 Å². The van der Waals surface area contributed by atoms with Crippen molar-refractivity contribution in [2.24, 2.45) is 0 Å². The molecule has 2 aromatic rings. The van der Waals surface area contributed by atoms with Gasteiger partial charge in [0.2, 0.25) is 5.91 Å². The summed E-state index contributed by atoms with van der Waals surface area (Å²) in [6.07, 6.45) is 3.18. The lowest BCUT2D eigenvalue weighted by Gasteiger charge is -2.03. The second-order valence-corrected chi connectivity index (χ2v) is 4.13. The van der Waals surface area contributed by atoms with E-state index < -0.39 is 23.2 Å². The molecule has 0 aliphatic heterocycles. The number of carbonyl (C=O) groups excluding carboxylic acids is 1. The van der Waals surface area contributed by atoms with E-state index in [4.69, 9.17) is 4.74 Å². The third kappa shape index (κ3) is 3.75. The van der Waals surface area contributed by atoms with Crippen molar-refractivity contribution >= 4 is 17.8 Å². The van der Waals surface area contributed by atoms with Crippen LogP contribution < -0.4 is 15.7 Å². The Bertz CT molecular complexity index is 787. The summed E-state index contributed by atoms with van der Waals surface area (Å²) in [5.41, 5.74) is -0.277. The van der Waals surface area contributed by atoms with Gasteiger partial charge in [0, 0.05) is 6.08 Å². The minimum Gasteiger partial charge on any atom is -0.494 e. The zero-order chi connectivity index (χ0) is 16.1. The maximum Gasteiger partial charge on any atom is 0.346 e. The molecule has 1 aromatic carbocycles. The SMILES string of the molecule is COc1cc(/C=C/C(=O)Nc2[nH]c(=O)ncc2F)ccc1F. The molecule has 0 fully saturated rings. The molecule has 1 aromatic heterocycles. The lowest BCUT2D eigenvalue weighted by molar-refractivity contribution is -0.111. The predicted octanol–water partition coefficient (Wildman–Crippen LogP) is 1.71. The van der Waals surface area contributed by atoms with Crippen LogP contribution in [0.2, 0.25) is 0 Å². The fraction of sp³-hybridized carbons (Fsp3) is 0.0714. The minimum atomic E-state index is -0.871. The van der Waals surface area contributed by atoms with Gasteiger partial charge in [0.15, 0.2) is 23.2 Å². The van der Waals surface area contributed by atoms with Crippen LogP contribution in [0.1, 0.15) is 5.56 Å². The van der Waals surface area contributed by atoms with Crippen molar-refractivity contribution in [1.29, 1.82) is 0 Å². The molecule has 0 spiro atoms. The average molecular weight is 307 g/mol. The number of carbonyl (C=O) groups is 1. The van der Waals surface area contributed by atoms with Crippen molar-refractivity contribution in [3.05, 3.63) is 58.2 Å². The molecule has 114 valence electrons. The first-order valence-corrected chi connectivity index (χ1v) is 6.07. The molecular formula is C14H11F2N3O3. The van der Waals surface area contributed by atoms with Crippen LogP contribution in [0.25, 0.3) is 6.08 Å². The second-order valence-electron chi connectivity index (χ2n) is 4.13. The van der Waals surface area contributed by atoms with E-state index in [-0.39, 0.29) is 11.6 Å². The molecule has 2 N–H and O–H groups in total. The molecule has 0 saturated carbocycles. The van der Waals surface area contributed by atoms with Gasteiger partial charge in [0.25, 0.3) is 0 Å². The monoisotopic (exact) mass is 307 g/mol. The van der Waals surface area contributed by atoms with Crippen LogP contribution >= 0.6 is 0 Å². The summed E-state index contributed by atoms with van der Waals surface area (Å²) in [7, 11) is 1.32. The van der Waals surface area contributed by atoms with Gasteiger partial charge >= 0.3 is 5.69 Å². The summed E-state index contributed by atoms with van der Waals surface area (Å²) in [6, 6.07) is 4.03. The van der Waals surface area contributed by atoms with Gasteiger partial charge in [-0.25, -0.2) is 13.6 Å². The van der Waals surface area contributed by atoms with Crippen LogP contribution in [-0.4, -0.2) is 23.0 Å². The Morgan fingerprint density at radius 3 is 2.86 bits per heavy atom. The molecule has 0 bridgehead atoms. The highest BCUT2D eigenvalue weighted by Gasteiger charge is 2.06. The Hall–Kier alpha value is -3.03. The molecule has 2 rings (SSSR count). The largest absolute Gasteiger partial charge is 0.494 e. The predicted molar refractivity (Wildman–Crippen MR) is 75.4 cm³/mol. The van der Waals surface area contributed by atoms with E-state index in [1.807, 2.05) is 0 Å². The summed E-state index contributed by atoms with van der Waals surface area (Å²) < 4.78 is 31.3. The summed E-state index contributed by atoms with van der Waals surface area (Å²) in [5, 5.41) is 2.16. The van der Waals surface area contributed by atoms with E-state index in [2.05, 4.69) is 15.3 Å². The van der Waals surface area contributed by atoms with E-state index in [1.165, 1.54) is 31.4 Å². The number of aromatic nitrogens is 2.